The second-order valence-electron chi connectivity index (χ2n) is 9.54. The molecule has 0 radical (unpaired) electrons. The van der Waals surface area contributed by atoms with Gasteiger partial charge in [0.2, 0.25) is 5.36 Å². The van der Waals surface area contributed by atoms with Gasteiger partial charge < -0.3 is 15.1 Å². The molecule has 0 aromatic heterocycles. The number of hydrogen-bond donors (Lipinski definition) is 2. The number of fused-ring (bicyclic) bond motifs is 2. The Morgan fingerprint density at radius 3 is 2.07 bits per heavy atom. The summed E-state index contributed by atoms with van der Waals surface area (Å²) in [4.78, 5) is 2.35. The van der Waals surface area contributed by atoms with Crippen molar-refractivity contribution < 1.29 is 17.4 Å². The third kappa shape index (κ3) is 9.42. The monoisotopic (exact) mass is 582 g/mol. The summed E-state index contributed by atoms with van der Waals surface area (Å²) in [6.45, 7) is 14.7. The van der Waals surface area contributed by atoms with E-state index in [4.69, 9.17) is 8.97 Å². The molecule has 2 aliphatic rings. The fourth-order valence-corrected chi connectivity index (χ4v) is 5.46. The summed E-state index contributed by atoms with van der Waals surface area (Å²) in [5.74, 6) is 0.836. The number of rotatable bonds is 10. The Labute approximate surface area is 246 Å². The van der Waals surface area contributed by atoms with Crippen LogP contribution in [0.3, 0.4) is 0 Å². The van der Waals surface area contributed by atoms with Crippen LogP contribution >= 0.6 is 0 Å². The molecule has 2 aromatic rings. The van der Waals surface area contributed by atoms with Crippen molar-refractivity contribution in [3.05, 3.63) is 72.1 Å². The van der Waals surface area contributed by atoms with Crippen LogP contribution in [0, 0.1) is 0 Å². The molecule has 224 valence electrons. The number of nitrogens with two attached hydrogens (primary N) is 1. The third-order valence-corrected chi connectivity index (χ3v) is 7.82. The lowest BCUT2D eigenvalue weighted by Crippen LogP contribution is -2.29. The highest BCUT2D eigenvalue weighted by molar-refractivity contribution is 7.85. The molecule has 0 saturated carbocycles. The molecule has 41 heavy (non-hydrogen) atoms. The van der Waals surface area contributed by atoms with Crippen LogP contribution in [0.1, 0.15) is 53.9 Å². The number of benzene rings is 3. The quantitative estimate of drug-likeness (QED) is 0.0958. The second-order valence-corrected chi connectivity index (χ2v) is 11.1. The van der Waals surface area contributed by atoms with Gasteiger partial charge in [-0.15, -0.1) is 0 Å². The maximum absolute atomic E-state index is 10.1. The summed E-state index contributed by atoms with van der Waals surface area (Å²) in [5, 5.41) is 2.36. The summed E-state index contributed by atoms with van der Waals surface area (Å²) in [5.41, 5.74) is 10.2. The van der Waals surface area contributed by atoms with Crippen molar-refractivity contribution in [3.8, 4) is 22.5 Å². The van der Waals surface area contributed by atoms with E-state index < -0.39 is 10.1 Å². The van der Waals surface area contributed by atoms with Crippen molar-refractivity contribution >= 4 is 26.8 Å². The maximum Gasteiger partial charge on any atom is 0.264 e. The zero-order chi connectivity index (χ0) is 30.4. The van der Waals surface area contributed by atoms with Gasteiger partial charge in [0.25, 0.3) is 10.1 Å². The number of anilines is 1. The van der Waals surface area contributed by atoms with E-state index in [0.29, 0.717) is 6.42 Å². The van der Waals surface area contributed by atoms with E-state index in [-0.39, 0.29) is 5.75 Å². The molecule has 0 fully saturated rings. The van der Waals surface area contributed by atoms with Gasteiger partial charge in [0.05, 0.1) is 11.8 Å². The van der Waals surface area contributed by atoms with Gasteiger partial charge in [-0.1, -0.05) is 50.1 Å². The fourth-order valence-electron chi connectivity index (χ4n) is 4.89. The van der Waals surface area contributed by atoms with Gasteiger partial charge in [-0.2, -0.15) is 8.42 Å². The van der Waals surface area contributed by atoms with Crippen LogP contribution in [0.15, 0.2) is 71.1 Å². The average Bonchev–Trinajstić information content (AvgIpc) is 2.98. The molecular weight excluding hydrogens is 534 g/mol. The molecule has 8 heteroatoms. The maximum atomic E-state index is 10.1. The summed E-state index contributed by atoms with van der Waals surface area (Å²) in [7, 11) is -2.20. The first-order chi connectivity index (χ1) is 19.8. The van der Waals surface area contributed by atoms with E-state index in [1.54, 1.807) is 0 Å². The Bertz CT molecular complexity index is 1490. The van der Waals surface area contributed by atoms with Crippen molar-refractivity contribution in [1.82, 2.24) is 4.58 Å². The van der Waals surface area contributed by atoms with Crippen LogP contribution in [0.2, 0.25) is 0 Å². The number of unbranched alkanes of at least 4 members (excludes halogenated alkanes) is 2. The highest BCUT2D eigenvalue weighted by Crippen LogP contribution is 2.40. The van der Waals surface area contributed by atoms with Gasteiger partial charge in [-0.3, -0.25) is 4.55 Å². The first-order valence-corrected chi connectivity index (χ1v) is 16.3. The molecule has 2 aromatic carbocycles. The first kappa shape index (κ1) is 34.0. The highest BCUT2D eigenvalue weighted by Gasteiger charge is 2.19. The number of hydrogen-bond acceptors (Lipinski definition) is 5. The van der Waals surface area contributed by atoms with Crippen molar-refractivity contribution in [2.45, 2.75) is 53.9 Å². The van der Waals surface area contributed by atoms with Gasteiger partial charge >= 0.3 is 0 Å². The predicted molar refractivity (Wildman–Crippen MR) is 174 cm³/mol. The van der Waals surface area contributed by atoms with Gasteiger partial charge in [0.15, 0.2) is 0 Å². The molecule has 0 atom stereocenters. The van der Waals surface area contributed by atoms with Crippen molar-refractivity contribution in [2.75, 3.05) is 43.9 Å². The van der Waals surface area contributed by atoms with Crippen LogP contribution in [0.25, 0.3) is 33.4 Å². The topological polar surface area (TPSA) is 99.8 Å². The number of nitrogens with zero attached hydrogens (tertiary/aromatic N) is 2. The molecule has 0 saturated heterocycles. The molecule has 3 N–H and O–H groups in total. The molecule has 0 amide bonds. The summed E-state index contributed by atoms with van der Waals surface area (Å²) < 4.78 is 37.2. The predicted octanol–water partition coefficient (Wildman–Crippen LogP) is 6.50. The zero-order valence-corrected chi connectivity index (χ0v) is 26.4. The summed E-state index contributed by atoms with van der Waals surface area (Å²) in [6.07, 6.45) is 2.39. The first-order valence-electron chi connectivity index (χ1n) is 14.7. The molecule has 1 aliphatic carbocycles. The van der Waals surface area contributed by atoms with Crippen molar-refractivity contribution in [2.24, 2.45) is 5.73 Å². The smallest absolute Gasteiger partial charge is 0.264 e. The summed E-state index contributed by atoms with van der Waals surface area (Å²) >= 11 is 0. The average molecular weight is 583 g/mol. The molecule has 1 aliphatic heterocycles. The van der Waals surface area contributed by atoms with Crippen LogP contribution in [-0.4, -0.2) is 52.0 Å². The zero-order valence-electron chi connectivity index (χ0n) is 25.6. The summed E-state index contributed by atoms with van der Waals surface area (Å²) in [6, 6.07) is 23.9. The molecule has 0 unspecified atom stereocenters. The molecule has 7 nitrogen and oxygen atoms in total. The Morgan fingerprint density at radius 2 is 1.51 bits per heavy atom. The normalized spacial score (nSPS) is 10.9. The van der Waals surface area contributed by atoms with E-state index in [9.17, 15) is 8.42 Å². The Hall–Kier alpha value is -3.20. The van der Waals surface area contributed by atoms with E-state index in [1.807, 2.05) is 6.92 Å². The Kier molecular flexibility index (Phi) is 14.0. The second kappa shape index (κ2) is 16.9. The highest BCUT2D eigenvalue weighted by atomic mass is 32.2. The van der Waals surface area contributed by atoms with E-state index >= 15 is 0 Å². The van der Waals surface area contributed by atoms with E-state index in [2.05, 4.69) is 110 Å². The van der Waals surface area contributed by atoms with Gasteiger partial charge in [0.1, 0.15) is 24.4 Å². The Balaban J connectivity index is 0.000000459. The van der Waals surface area contributed by atoms with E-state index in [1.165, 1.54) is 29.2 Å². The lowest BCUT2D eigenvalue weighted by Gasteiger charge is -2.22. The third-order valence-electron chi connectivity index (χ3n) is 7.01. The lowest BCUT2D eigenvalue weighted by atomic mass is 9.93. The van der Waals surface area contributed by atoms with Gasteiger partial charge in [0, 0.05) is 47.4 Å². The minimum absolute atomic E-state index is 0.0964. The SMILES string of the molecule is CCCCCS(=O)(=O)O.CCN(CC)c1ccc2c(-c3ccccc3)c3ccc(=[N+](CC)CC)cc-3oc2c1.CN. The molecular formula is C33H48N3O4S+. The minimum Gasteiger partial charge on any atom is -0.456 e. The molecule has 4 rings (SSSR count). The largest absolute Gasteiger partial charge is 0.456 e. The van der Waals surface area contributed by atoms with Crippen LogP contribution in [0.5, 0.6) is 0 Å². The van der Waals surface area contributed by atoms with Gasteiger partial charge in [-0.25, -0.2) is 4.58 Å². The van der Waals surface area contributed by atoms with Crippen LogP contribution in [-0.2, 0) is 10.1 Å². The fraction of sp³-hybridized carbons (Fsp3) is 0.424. The van der Waals surface area contributed by atoms with Crippen molar-refractivity contribution in [1.29, 1.82) is 0 Å². The standard InChI is InChI=1S/C27H31N2O.C5H12O3S.CH5N/c1-5-28(6-2)21-14-16-23-25(18-21)30-26-19-22(29(7-3)8-4)15-17-24(26)27(23)20-12-10-9-11-13-20;1-2-3-4-5-9(6,7)8;1-2/h9-19H,5-8H2,1-4H3;2-5H2,1H3,(H,6,7,8);2H2,1H3/q+1;;. The van der Waals surface area contributed by atoms with E-state index in [0.717, 1.165) is 61.3 Å². The van der Waals surface area contributed by atoms with Crippen LogP contribution in [0.4, 0.5) is 5.69 Å². The Morgan fingerprint density at radius 1 is 0.854 bits per heavy atom. The van der Waals surface area contributed by atoms with Crippen molar-refractivity contribution in [3.63, 3.8) is 0 Å². The minimum atomic E-state index is -3.70. The molecule has 0 spiro atoms. The lowest BCUT2D eigenvalue weighted by molar-refractivity contribution is 0.480. The molecule has 0 bridgehead atoms. The van der Waals surface area contributed by atoms with Crippen LogP contribution < -0.4 is 20.6 Å². The van der Waals surface area contributed by atoms with Gasteiger partial charge in [-0.05, 0) is 64.9 Å². The molecule has 1 heterocycles.